The third-order valence-corrected chi connectivity index (χ3v) is 3.81. The van der Waals surface area contributed by atoms with Crippen molar-refractivity contribution in [3.8, 4) is 11.1 Å². The number of rotatable bonds is 2. The van der Waals surface area contributed by atoms with Crippen molar-refractivity contribution in [3.05, 3.63) is 58.6 Å². The molecule has 2 aromatic rings. The molecule has 0 nitrogen and oxygen atoms in total. The highest BCUT2D eigenvalue weighted by Crippen LogP contribution is 2.37. The van der Waals surface area contributed by atoms with Crippen molar-refractivity contribution < 1.29 is 0 Å². The summed E-state index contributed by atoms with van der Waals surface area (Å²) in [5.74, 6) is 0. The van der Waals surface area contributed by atoms with E-state index in [0.717, 1.165) is 4.47 Å². The fourth-order valence-corrected chi connectivity index (χ4v) is 2.80. The second-order valence-electron chi connectivity index (χ2n) is 3.40. The minimum absolute atomic E-state index is 0.176. The molecule has 0 N–H and O–H groups in total. The third-order valence-electron chi connectivity index (χ3n) is 2.33. The lowest BCUT2D eigenvalue weighted by molar-refractivity contribution is 1.41. The summed E-state index contributed by atoms with van der Waals surface area (Å²) in [5, 5.41) is 0. The Morgan fingerprint density at radius 2 is 1.62 bits per heavy atom. The molecule has 16 heavy (non-hydrogen) atoms. The van der Waals surface area contributed by atoms with Crippen LogP contribution in [0.2, 0.25) is 0 Å². The average Bonchev–Trinajstić information content (AvgIpc) is 2.29. The molecule has 0 radical (unpaired) electrons. The van der Waals surface area contributed by atoms with E-state index < -0.39 is 0 Å². The standard InChI is InChI=1S/C13H9Br3/c14-10-5-3-4-9(8-10)11-6-1-2-7-12(11)13(15)16/h1-8,13H. The van der Waals surface area contributed by atoms with Crippen LogP contribution in [-0.2, 0) is 0 Å². The van der Waals surface area contributed by atoms with Gasteiger partial charge in [-0.2, -0.15) is 0 Å². The van der Waals surface area contributed by atoms with Gasteiger partial charge in [0.05, 0.1) is 3.74 Å². The first-order valence-electron chi connectivity index (χ1n) is 4.81. The lowest BCUT2D eigenvalue weighted by Crippen LogP contribution is -1.87. The topological polar surface area (TPSA) is 0 Å². The molecule has 0 aliphatic carbocycles. The molecule has 0 spiro atoms. The van der Waals surface area contributed by atoms with E-state index >= 15 is 0 Å². The molecule has 0 saturated heterocycles. The molecule has 0 fully saturated rings. The van der Waals surface area contributed by atoms with Crippen LogP contribution in [0.3, 0.4) is 0 Å². The van der Waals surface area contributed by atoms with Crippen LogP contribution in [0, 0.1) is 0 Å². The Hall–Kier alpha value is -0.120. The van der Waals surface area contributed by atoms with E-state index in [2.05, 4.69) is 78.1 Å². The highest BCUT2D eigenvalue weighted by atomic mass is 79.9. The summed E-state index contributed by atoms with van der Waals surface area (Å²) in [5.41, 5.74) is 3.69. The summed E-state index contributed by atoms with van der Waals surface area (Å²) < 4.78 is 1.27. The Morgan fingerprint density at radius 1 is 0.875 bits per heavy atom. The lowest BCUT2D eigenvalue weighted by Gasteiger charge is -2.10. The van der Waals surface area contributed by atoms with E-state index in [1.54, 1.807) is 0 Å². The van der Waals surface area contributed by atoms with Gasteiger partial charge in [0.15, 0.2) is 0 Å². The lowest BCUT2D eigenvalue weighted by atomic mass is 10.0. The molecule has 82 valence electrons. The van der Waals surface area contributed by atoms with Crippen LogP contribution in [-0.4, -0.2) is 0 Å². The van der Waals surface area contributed by atoms with E-state index in [1.807, 2.05) is 18.2 Å². The molecule has 3 heteroatoms. The van der Waals surface area contributed by atoms with E-state index in [9.17, 15) is 0 Å². The van der Waals surface area contributed by atoms with Gasteiger partial charge in [-0.3, -0.25) is 0 Å². The molecule has 0 unspecified atom stereocenters. The van der Waals surface area contributed by atoms with Crippen LogP contribution in [0.4, 0.5) is 0 Å². The van der Waals surface area contributed by atoms with E-state index in [4.69, 9.17) is 0 Å². The Labute approximate surface area is 120 Å². The van der Waals surface area contributed by atoms with E-state index in [-0.39, 0.29) is 3.74 Å². The highest BCUT2D eigenvalue weighted by molar-refractivity contribution is 9.24. The molecule has 0 aliphatic rings. The van der Waals surface area contributed by atoms with Gasteiger partial charge in [0.25, 0.3) is 0 Å². The highest BCUT2D eigenvalue weighted by Gasteiger charge is 2.09. The van der Waals surface area contributed by atoms with Crippen molar-refractivity contribution in [3.63, 3.8) is 0 Å². The predicted octanol–water partition coefficient (Wildman–Crippen LogP) is 5.90. The fourth-order valence-electron chi connectivity index (χ4n) is 1.61. The molecule has 0 saturated carbocycles. The van der Waals surface area contributed by atoms with Gasteiger partial charge in [-0.25, -0.2) is 0 Å². The van der Waals surface area contributed by atoms with Crippen LogP contribution >= 0.6 is 47.8 Å². The molecule has 0 amide bonds. The maximum absolute atomic E-state index is 3.55. The van der Waals surface area contributed by atoms with Gasteiger partial charge < -0.3 is 0 Å². The fraction of sp³-hybridized carbons (Fsp3) is 0.0769. The zero-order valence-corrected chi connectivity index (χ0v) is 13.1. The van der Waals surface area contributed by atoms with Crippen molar-refractivity contribution in [2.45, 2.75) is 3.74 Å². The maximum Gasteiger partial charge on any atom is 0.0952 e. The quantitative estimate of drug-likeness (QED) is 0.546. The van der Waals surface area contributed by atoms with E-state index in [0.29, 0.717) is 0 Å². The van der Waals surface area contributed by atoms with Gasteiger partial charge in [-0.1, -0.05) is 84.2 Å². The summed E-state index contributed by atoms with van der Waals surface area (Å²) in [7, 11) is 0. The monoisotopic (exact) mass is 402 g/mol. The average molecular weight is 405 g/mol. The third kappa shape index (κ3) is 2.76. The van der Waals surface area contributed by atoms with Gasteiger partial charge in [0.2, 0.25) is 0 Å². The number of hydrogen-bond donors (Lipinski definition) is 0. The zero-order chi connectivity index (χ0) is 11.5. The minimum atomic E-state index is 0.176. The summed E-state index contributed by atoms with van der Waals surface area (Å²) in [6, 6.07) is 16.7. The summed E-state index contributed by atoms with van der Waals surface area (Å²) in [4.78, 5) is 0. The van der Waals surface area contributed by atoms with Gasteiger partial charge in [0.1, 0.15) is 0 Å². The Morgan fingerprint density at radius 3 is 2.31 bits per heavy atom. The first kappa shape index (κ1) is 12.3. The second-order valence-corrected chi connectivity index (χ2v) is 7.37. The molecule has 0 aromatic heterocycles. The summed E-state index contributed by atoms with van der Waals surface area (Å²) in [6.45, 7) is 0. The molecule has 2 rings (SSSR count). The van der Waals surface area contributed by atoms with Crippen LogP contribution < -0.4 is 0 Å². The number of alkyl halides is 2. The van der Waals surface area contributed by atoms with Crippen molar-refractivity contribution in [1.82, 2.24) is 0 Å². The molecular weight excluding hydrogens is 396 g/mol. The Balaban J connectivity index is 2.55. The van der Waals surface area contributed by atoms with Crippen LogP contribution in [0.5, 0.6) is 0 Å². The minimum Gasteiger partial charge on any atom is -0.0712 e. The van der Waals surface area contributed by atoms with Crippen molar-refractivity contribution in [1.29, 1.82) is 0 Å². The smallest absolute Gasteiger partial charge is 0.0712 e. The van der Waals surface area contributed by atoms with Gasteiger partial charge in [-0.05, 0) is 28.8 Å². The first-order chi connectivity index (χ1) is 7.68. The number of halogens is 3. The normalized spacial score (nSPS) is 10.8. The van der Waals surface area contributed by atoms with Crippen LogP contribution in [0.15, 0.2) is 53.0 Å². The number of benzene rings is 2. The Kier molecular flexibility index (Phi) is 4.22. The molecule has 2 aromatic carbocycles. The van der Waals surface area contributed by atoms with Crippen LogP contribution in [0.25, 0.3) is 11.1 Å². The first-order valence-corrected chi connectivity index (χ1v) is 7.44. The van der Waals surface area contributed by atoms with Gasteiger partial charge in [-0.15, -0.1) is 0 Å². The predicted molar refractivity (Wildman–Crippen MR) is 80.2 cm³/mol. The molecule has 0 heterocycles. The van der Waals surface area contributed by atoms with E-state index in [1.165, 1.54) is 16.7 Å². The van der Waals surface area contributed by atoms with Crippen LogP contribution in [0.1, 0.15) is 9.30 Å². The summed E-state index contributed by atoms with van der Waals surface area (Å²) in [6.07, 6.45) is 0. The van der Waals surface area contributed by atoms with Gasteiger partial charge >= 0.3 is 0 Å². The molecule has 0 aliphatic heterocycles. The SMILES string of the molecule is Brc1cccc(-c2ccccc2C(Br)Br)c1. The zero-order valence-electron chi connectivity index (χ0n) is 8.33. The largest absolute Gasteiger partial charge is 0.0952 e. The maximum atomic E-state index is 3.55. The number of hydrogen-bond acceptors (Lipinski definition) is 0. The Bertz CT molecular complexity index is 492. The van der Waals surface area contributed by atoms with Crippen molar-refractivity contribution in [2.24, 2.45) is 0 Å². The molecule has 0 bridgehead atoms. The molecular formula is C13H9Br3. The van der Waals surface area contributed by atoms with Crippen molar-refractivity contribution >= 4 is 47.8 Å². The second kappa shape index (κ2) is 5.48. The van der Waals surface area contributed by atoms with Gasteiger partial charge in [0, 0.05) is 4.47 Å². The van der Waals surface area contributed by atoms with Crippen molar-refractivity contribution in [2.75, 3.05) is 0 Å². The molecule has 0 atom stereocenters. The summed E-state index contributed by atoms with van der Waals surface area (Å²) >= 11 is 10.6.